The molecule has 0 aromatic carbocycles. The number of rotatable bonds is 3. The van der Waals surface area contributed by atoms with Gasteiger partial charge < -0.3 is 19.6 Å². The lowest BCUT2D eigenvalue weighted by Gasteiger charge is -2.41. The fourth-order valence-electron chi connectivity index (χ4n) is 2.71. The Hall–Kier alpha value is -2.62. The number of hydrogen-bond donors (Lipinski definition) is 1. The second-order valence-corrected chi connectivity index (χ2v) is 5.48. The molecule has 1 saturated heterocycles. The lowest BCUT2D eigenvalue weighted by molar-refractivity contribution is -0.130. The van der Waals surface area contributed by atoms with Crippen LogP contribution in [0.15, 0.2) is 12.4 Å². The molecule has 1 N–H and O–H groups in total. The van der Waals surface area contributed by atoms with E-state index in [9.17, 15) is 4.79 Å². The first-order valence-corrected chi connectivity index (χ1v) is 7.32. The summed E-state index contributed by atoms with van der Waals surface area (Å²) >= 11 is 0. The second-order valence-electron chi connectivity index (χ2n) is 5.48. The average Bonchev–Trinajstić information content (AvgIpc) is 3.02. The zero-order chi connectivity index (χ0) is 24.3. The summed E-state index contributed by atoms with van der Waals surface area (Å²) in [5, 5.41) is 0.229. The van der Waals surface area contributed by atoms with Crippen molar-refractivity contribution in [3.05, 3.63) is 29.5 Å². The molecule has 24 heavy (non-hydrogen) atoms. The molecule has 1 aliphatic rings. The van der Waals surface area contributed by atoms with Gasteiger partial charge in [0.25, 0.3) is 6.50 Å². The molecule has 1 amide bonds. The number of carbonyl (C=O) groups is 1. The fraction of sp³-hybridized carbons (Fsp3) is 0.529. The third-order valence-electron chi connectivity index (χ3n) is 3.93. The number of nitrogens with one attached hydrogen (secondary N) is 1. The van der Waals surface area contributed by atoms with Crippen LogP contribution in [0.25, 0.3) is 15.9 Å². The highest BCUT2D eigenvalue weighted by Gasteiger charge is 2.33. The number of aromatic amines is 1. The van der Waals surface area contributed by atoms with E-state index in [1.807, 2.05) is 0 Å². The zero-order valence-corrected chi connectivity index (χ0v) is 13.3. The number of H-pyrrole nitrogens is 1. The van der Waals surface area contributed by atoms with E-state index in [4.69, 9.17) is 17.5 Å². The molecule has 2 aromatic rings. The van der Waals surface area contributed by atoms with Crippen molar-refractivity contribution < 1.29 is 15.8 Å². The van der Waals surface area contributed by atoms with E-state index in [1.165, 1.54) is 13.4 Å². The topological polar surface area (TPSA) is 69.5 Å². The van der Waals surface area contributed by atoms with Gasteiger partial charge in [0.1, 0.15) is 20.5 Å². The van der Waals surface area contributed by atoms with Crippen molar-refractivity contribution >= 4 is 22.8 Å². The number of likely N-dealkylation sites (tertiary alicyclic amines) is 1. The number of piperidine rings is 1. The summed E-state index contributed by atoms with van der Waals surface area (Å²) in [4.78, 5) is 28.5. The number of aromatic nitrogens is 3. The van der Waals surface area contributed by atoms with Crippen molar-refractivity contribution in [2.24, 2.45) is 5.89 Å². The van der Waals surface area contributed by atoms with Crippen molar-refractivity contribution in [1.29, 1.82) is 0 Å². The van der Waals surface area contributed by atoms with E-state index in [-0.39, 0.29) is 23.8 Å². The number of fused-ring (bicyclic) bond motifs is 1. The number of hydrogen-bond acceptors (Lipinski definition) is 4. The van der Waals surface area contributed by atoms with Crippen LogP contribution in [0, 0.1) is 19.4 Å². The maximum Gasteiger partial charge on any atom is 0.302 e. The van der Waals surface area contributed by atoms with Crippen LogP contribution in [0.2, 0.25) is 0 Å². The monoisotopic (exact) mass is 334 g/mol. The van der Waals surface area contributed by atoms with Crippen molar-refractivity contribution in [2.75, 3.05) is 31.5 Å². The molecule has 0 unspecified atom stereocenters. The fourth-order valence-corrected chi connectivity index (χ4v) is 2.71. The SMILES string of the molecule is [2H]c1c(C)[nH]c2ncnc(N(C)[C@@]3([2H])CN(C(=O)C([2H])([2H])[N+]#[C-])CC[C@@]3([2H])C([2H])([2H])[2H])c12. The first kappa shape index (κ1) is 9.02. The predicted octanol–water partition coefficient (Wildman–Crippen LogP) is 1.86. The summed E-state index contributed by atoms with van der Waals surface area (Å²) in [5.74, 6) is -3.56. The van der Waals surface area contributed by atoms with E-state index in [0.717, 1.165) is 9.80 Å². The van der Waals surface area contributed by atoms with E-state index < -0.39 is 44.1 Å². The molecule has 0 aliphatic carbocycles. The maximum absolute atomic E-state index is 12.6. The maximum atomic E-state index is 12.6. The van der Waals surface area contributed by atoms with Gasteiger partial charge in [-0.05, 0) is 25.3 Å². The molecule has 0 spiro atoms. The molecule has 7 heteroatoms. The van der Waals surface area contributed by atoms with Crippen molar-refractivity contribution in [1.82, 2.24) is 19.9 Å². The van der Waals surface area contributed by atoms with E-state index in [1.54, 1.807) is 6.92 Å². The van der Waals surface area contributed by atoms with Crippen molar-refractivity contribution in [3.8, 4) is 0 Å². The standard InChI is InChI=1S/C17H22N6O/c1-11-5-6-23(15(24)8-18-3)9-14(11)22(4)17-13-7-12(2)21-16(13)19-10-20-17/h7,10-11,14H,5-6,8-9H2,1-2,4H3,(H,19,20,21)/t11-,14+/m1/s1/i1D3,7D,8D2,11D,14D. The lowest BCUT2D eigenvalue weighted by Crippen LogP contribution is -2.53. The van der Waals surface area contributed by atoms with Crippen LogP contribution in [0.5, 0.6) is 0 Å². The van der Waals surface area contributed by atoms with Crippen LogP contribution in [0.4, 0.5) is 5.82 Å². The molecule has 126 valence electrons. The van der Waals surface area contributed by atoms with Gasteiger partial charge in [-0.3, -0.25) is 4.79 Å². The molecular weight excluding hydrogens is 304 g/mol. The minimum absolute atomic E-state index is 0.0303. The van der Waals surface area contributed by atoms with Crippen LogP contribution in [0.1, 0.15) is 29.9 Å². The van der Waals surface area contributed by atoms with Crippen molar-refractivity contribution in [2.45, 2.75) is 26.2 Å². The third-order valence-corrected chi connectivity index (χ3v) is 3.93. The molecule has 1 fully saturated rings. The summed E-state index contributed by atoms with van der Waals surface area (Å²) in [6.45, 7) is 1.84. The molecular formula is C17H22N6O. The van der Waals surface area contributed by atoms with Gasteiger partial charge in [-0.25, -0.2) is 16.5 Å². The van der Waals surface area contributed by atoms with E-state index >= 15 is 0 Å². The number of carbonyl (C=O) groups excluding carboxylic acids is 1. The van der Waals surface area contributed by atoms with Gasteiger partial charge in [0.15, 0.2) is 0 Å². The zero-order valence-electron chi connectivity index (χ0n) is 21.3. The average molecular weight is 334 g/mol. The first-order chi connectivity index (χ1) is 14.6. The summed E-state index contributed by atoms with van der Waals surface area (Å²) in [7, 11) is 1.35. The first-order valence-electron chi connectivity index (χ1n) is 11.3. The highest BCUT2D eigenvalue weighted by atomic mass is 16.2. The minimum Gasteiger partial charge on any atom is -0.354 e. The number of aryl methyl sites for hydroxylation is 1. The largest absolute Gasteiger partial charge is 0.354 e. The lowest BCUT2D eigenvalue weighted by atomic mass is 9.92. The Balaban J connectivity index is 2.18. The Morgan fingerprint density at radius 1 is 1.75 bits per heavy atom. The predicted molar refractivity (Wildman–Crippen MR) is 92.6 cm³/mol. The molecule has 3 rings (SSSR count). The Labute approximate surface area is 152 Å². The molecule has 2 aromatic heterocycles. The number of nitrogens with zero attached hydrogens (tertiary/aromatic N) is 5. The van der Waals surface area contributed by atoms with Gasteiger partial charge in [0.05, 0.1) is 14.1 Å². The Morgan fingerprint density at radius 3 is 3.33 bits per heavy atom. The Bertz CT molecular complexity index is 1110. The summed E-state index contributed by atoms with van der Waals surface area (Å²) in [6.07, 6.45) is 0.725. The second kappa shape index (κ2) is 6.48. The highest BCUT2D eigenvalue weighted by molar-refractivity contribution is 5.88. The van der Waals surface area contributed by atoms with E-state index in [0.29, 0.717) is 11.3 Å². The van der Waals surface area contributed by atoms with Gasteiger partial charge in [-0.15, -0.1) is 0 Å². The summed E-state index contributed by atoms with van der Waals surface area (Å²) in [5.41, 5.74) is 0.776. The summed E-state index contributed by atoms with van der Waals surface area (Å²) < 4.78 is 65.5. The van der Waals surface area contributed by atoms with Crippen LogP contribution in [-0.4, -0.2) is 58.4 Å². The normalized spacial score (nSPS) is 33.0. The smallest absolute Gasteiger partial charge is 0.302 e. The molecule has 3 heterocycles. The molecule has 7 nitrogen and oxygen atoms in total. The van der Waals surface area contributed by atoms with Crippen molar-refractivity contribution in [3.63, 3.8) is 0 Å². The molecule has 0 bridgehead atoms. The van der Waals surface area contributed by atoms with Gasteiger partial charge >= 0.3 is 5.91 Å². The van der Waals surface area contributed by atoms with Gasteiger partial charge in [0, 0.05) is 31.3 Å². The van der Waals surface area contributed by atoms with Crippen LogP contribution in [0.3, 0.4) is 0 Å². The van der Waals surface area contributed by atoms with Crippen LogP contribution in [-0.2, 0) is 4.79 Å². The van der Waals surface area contributed by atoms with E-state index in [2.05, 4.69) is 19.8 Å². The molecule has 0 saturated carbocycles. The Kier molecular flexibility index (Phi) is 2.43. The Morgan fingerprint density at radius 2 is 2.58 bits per heavy atom. The molecule has 2 atom stereocenters. The number of likely N-dealkylation sites (N-methyl/N-ethyl adjacent to an activating group) is 1. The molecule has 1 aliphatic heterocycles. The van der Waals surface area contributed by atoms with Crippen LogP contribution >= 0.6 is 0 Å². The number of anilines is 1. The van der Waals surface area contributed by atoms with Gasteiger partial charge in [-0.2, -0.15) is 0 Å². The quantitative estimate of drug-likeness (QED) is 0.870. The highest BCUT2D eigenvalue weighted by Crippen LogP contribution is 2.29. The van der Waals surface area contributed by atoms with Gasteiger partial charge in [-0.1, -0.05) is 6.85 Å². The number of amides is 1. The molecule has 0 radical (unpaired) electrons. The van der Waals surface area contributed by atoms with Crippen LogP contribution < -0.4 is 4.90 Å². The summed E-state index contributed by atoms with van der Waals surface area (Å²) in [6, 6.07) is -2.27. The minimum atomic E-state index is -2.93. The third kappa shape index (κ3) is 2.92. The van der Waals surface area contributed by atoms with Gasteiger partial charge in [0.2, 0.25) is 0 Å².